The second-order valence-corrected chi connectivity index (χ2v) is 9.81. The number of amides is 1. The maximum atomic E-state index is 11.3. The molecule has 2 aliphatic rings. The van der Waals surface area contributed by atoms with Gasteiger partial charge in [0.05, 0.1) is 5.54 Å². The Balaban J connectivity index is 0.000000291. The molecule has 2 fully saturated rings. The lowest BCUT2D eigenvalue weighted by Crippen LogP contribution is -2.60. The van der Waals surface area contributed by atoms with Crippen LogP contribution in [-0.4, -0.2) is 128 Å². The van der Waals surface area contributed by atoms with Crippen LogP contribution in [0.5, 0.6) is 0 Å². The van der Waals surface area contributed by atoms with Gasteiger partial charge in [-0.05, 0) is 55.6 Å². The van der Waals surface area contributed by atoms with Gasteiger partial charge in [-0.2, -0.15) is 0 Å². The SMILES string of the molecule is CC(C)N1CCN(C(C)(C)C(N)=O)CC1.CC(C)N1CCN(CCN(C)C)CC1. The van der Waals surface area contributed by atoms with Crippen LogP contribution in [-0.2, 0) is 4.79 Å². The summed E-state index contributed by atoms with van der Waals surface area (Å²) in [6, 6.07) is 1.30. The number of primary amides is 1. The van der Waals surface area contributed by atoms with Gasteiger partial charge in [0, 0.05) is 77.5 Å². The highest BCUT2D eigenvalue weighted by Gasteiger charge is 2.34. The maximum absolute atomic E-state index is 11.3. The smallest absolute Gasteiger partial charge is 0.237 e. The van der Waals surface area contributed by atoms with E-state index in [1.54, 1.807) is 0 Å². The molecule has 2 N–H and O–H groups in total. The summed E-state index contributed by atoms with van der Waals surface area (Å²) in [5.74, 6) is -0.236. The highest BCUT2D eigenvalue weighted by molar-refractivity contribution is 5.83. The number of hydrogen-bond donors (Lipinski definition) is 1. The number of rotatable bonds is 7. The van der Waals surface area contributed by atoms with E-state index in [0.29, 0.717) is 12.1 Å². The van der Waals surface area contributed by atoms with Gasteiger partial charge in [0.2, 0.25) is 5.91 Å². The van der Waals surface area contributed by atoms with Crippen LogP contribution in [0.1, 0.15) is 41.5 Å². The summed E-state index contributed by atoms with van der Waals surface area (Å²) in [6.07, 6.45) is 0. The number of carbonyl (C=O) groups is 1. The van der Waals surface area contributed by atoms with Crippen LogP contribution >= 0.6 is 0 Å². The topological polar surface area (TPSA) is 59.3 Å². The molecule has 0 aromatic rings. The van der Waals surface area contributed by atoms with Gasteiger partial charge in [-0.25, -0.2) is 0 Å². The van der Waals surface area contributed by atoms with Gasteiger partial charge in [-0.15, -0.1) is 0 Å². The van der Waals surface area contributed by atoms with E-state index >= 15 is 0 Å². The van der Waals surface area contributed by atoms with Crippen molar-refractivity contribution in [2.24, 2.45) is 5.73 Å². The van der Waals surface area contributed by atoms with Gasteiger partial charge in [-0.1, -0.05) is 0 Å². The first kappa shape index (κ1) is 26.3. The van der Waals surface area contributed by atoms with Gasteiger partial charge in [0.15, 0.2) is 0 Å². The van der Waals surface area contributed by atoms with Crippen molar-refractivity contribution in [2.45, 2.75) is 59.2 Å². The Labute approximate surface area is 180 Å². The second-order valence-electron chi connectivity index (χ2n) is 9.81. The number of nitrogens with zero attached hydrogens (tertiary/aromatic N) is 5. The van der Waals surface area contributed by atoms with Crippen molar-refractivity contribution in [3.63, 3.8) is 0 Å². The summed E-state index contributed by atoms with van der Waals surface area (Å²) in [5, 5.41) is 0. The monoisotopic (exact) mass is 412 g/mol. The standard InChI is InChI=1S/C11H23N3O.C11H25N3/c1-9(2)13-5-7-14(8-6-13)11(3,4)10(12)15;1-11(2)14-9-7-13(8-10-14)6-5-12(3)4/h9H,5-8H2,1-4H3,(H2,12,15);11H,5-10H2,1-4H3. The molecule has 0 aromatic heterocycles. The molecule has 0 saturated carbocycles. The molecule has 0 atom stereocenters. The lowest BCUT2D eigenvalue weighted by Gasteiger charge is -2.43. The fraction of sp³-hybridized carbons (Fsp3) is 0.955. The summed E-state index contributed by atoms with van der Waals surface area (Å²) in [5.41, 5.74) is 4.89. The number of nitrogens with two attached hydrogens (primary N) is 1. The lowest BCUT2D eigenvalue weighted by atomic mass is 10.0. The molecule has 2 saturated heterocycles. The van der Waals surface area contributed by atoms with Crippen molar-refractivity contribution < 1.29 is 4.79 Å². The quantitative estimate of drug-likeness (QED) is 0.669. The molecule has 1 amide bonds. The van der Waals surface area contributed by atoms with Crippen molar-refractivity contribution in [3.8, 4) is 0 Å². The fourth-order valence-corrected chi connectivity index (χ4v) is 3.80. The molecule has 2 aliphatic heterocycles. The molecule has 0 bridgehead atoms. The Bertz CT molecular complexity index is 464. The molecule has 172 valence electrons. The Hall–Kier alpha value is -0.730. The Kier molecular flexibility index (Phi) is 11.1. The van der Waals surface area contributed by atoms with Gasteiger partial charge < -0.3 is 10.6 Å². The van der Waals surface area contributed by atoms with E-state index in [9.17, 15) is 4.79 Å². The number of hydrogen-bond acceptors (Lipinski definition) is 6. The van der Waals surface area contributed by atoms with Crippen molar-refractivity contribution in [3.05, 3.63) is 0 Å². The summed E-state index contributed by atoms with van der Waals surface area (Å²) in [6.45, 7) is 24.1. The molecule has 7 nitrogen and oxygen atoms in total. The zero-order valence-electron chi connectivity index (χ0n) is 20.4. The van der Waals surface area contributed by atoms with Gasteiger partial charge >= 0.3 is 0 Å². The molecular formula is C22H48N6O. The van der Waals surface area contributed by atoms with Crippen LogP contribution < -0.4 is 5.73 Å². The van der Waals surface area contributed by atoms with Crippen LogP contribution in [0.3, 0.4) is 0 Å². The third-order valence-electron chi connectivity index (χ3n) is 6.44. The van der Waals surface area contributed by atoms with Crippen LogP contribution in [0.15, 0.2) is 0 Å². The predicted molar refractivity (Wildman–Crippen MR) is 123 cm³/mol. The Morgan fingerprint density at radius 3 is 1.62 bits per heavy atom. The zero-order chi connectivity index (χ0) is 22.2. The molecule has 7 heteroatoms. The molecular weight excluding hydrogens is 364 g/mol. The lowest BCUT2D eigenvalue weighted by molar-refractivity contribution is -0.129. The first-order valence-electron chi connectivity index (χ1n) is 11.3. The minimum atomic E-state index is -0.511. The van der Waals surface area contributed by atoms with E-state index in [2.05, 4.69) is 66.3 Å². The van der Waals surface area contributed by atoms with Gasteiger partial charge in [-0.3, -0.25) is 24.4 Å². The third-order valence-corrected chi connectivity index (χ3v) is 6.44. The van der Waals surface area contributed by atoms with E-state index in [4.69, 9.17) is 5.73 Å². The summed E-state index contributed by atoms with van der Waals surface area (Å²) < 4.78 is 0. The number of piperazine rings is 2. The van der Waals surface area contributed by atoms with Gasteiger partial charge in [0.1, 0.15) is 0 Å². The van der Waals surface area contributed by atoms with E-state index in [-0.39, 0.29) is 5.91 Å². The molecule has 0 radical (unpaired) electrons. The van der Waals surface area contributed by atoms with Crippen LogP contribution in [0.4, 0.5) is 0 Å². The highest BCUT2D eigenvalue weighted by atomic mass is 16.1. The van der Waals surface area contributed by atoms with Crippen molar-refractivity contribution in [2.75, 3.05) is 79.5 Å². The predicted octanol–water partition coefficient (Wildman–Crippen LogP) is 0.850. The molecule has 0 aromatic carbocycles. The van der Waals surface area contributed by atoms with Crippen molar-refractivity contribution in [1.82, 2.24) is 24.5 Å². The average Bonchev–Trinajstić information content (AvgIpc) is 2.67. The molecule has 29 heavy (non-hydrogen) atoms. The minimum absolute atomic E-state index is 0.236. The van der Waals surface area contributed by atoms with E-state index in [1.165, 1.54) is 39.3 Å². The number of carbonyl (C=O) groups excluding carboxylic acids is 1. The normalized spacial score (nSPS) is 20.9. The van der Waals surface area contributed by atoms with E-state index < -0.39 is 5.54 Å². The third kappa shape index (κ3) is 8.89. The van der Waals surface area contributed by atoms with Gasteiger partial charge in [0.25, 0.3) is 0 Å². The first-order chi connectivity index (χ1) is 13.4. The fourth-order valence-electron chi connectivity index (χ4n) is 3.80. The van der Waals surface area contributed by atoms with E-state index in [1.807, 2.05) is 13.8 Å². The number of likely N-dealkylation sites (N-methyl/N-ethyl adjacent to an activating group) is 1. The largest absolute Gasteiger partial charge is 0.368 e. The second kappa shape index (κ2) is 12.2. The first-order valence-corrected chi connectivity index (χ1v) is 11.3. The summed E-state index contributed by atoms with van der Waals surface area (Å²) >= 11 is 0. The molecule has 2 heterocycles. The Morgan fingerprint density at radius 1 is 0.862 bits per heavy atom. The zero-order valence-corrected chi connectivity index (χ0v) is 20.4. The van der Waals surface area contributed by atoms with Crippen molar-refractivity contribution >= 4 is 5.91 Å². The molecule has 0 spiro atoms. The van der Waals surface area contributed by atoms with E-state index in [0.717, 1.165) is 26.2 Å². The summed E-state index contributed by atoms with van der Waals surface area (Å²) in [4.78, 5) is 23.3. The van der Waals surface area contributed by atoms with Crippen LogP contribution in [0.2, 0.25) is 0 Å². The maximum Gasteiger partial charge on any atom is 0.237 e. The van der Waals surface area contributed by atoms with Crippen LogP contribution in [0.25, 0.3) is 0 Å². The average molecular weight is 413 g/mol. The molecule has 0 aliphatic carbocycles. The Morgan fingerprint density at radius 2 is 1.28 bits per heavy atom. The highest BCUT2D eigenvalue weighted by Crippen LogP contribution is 2.17. The van der Waals surface area contributed by atoms with Crippen molar-refractivity contribution in [1.29, 1.82) is 0 Å². The summed E-state index contributed by atoms with van der Waals surface area (Å²) in [7, 11) is 4.29. The molecule has 2 rings (SSSR count). The minimum Gasteiger partial charge on any atom is -0.368 e. The van der Waals surface area contributed by atoms with Crippen LogP contribution in [0, 0.1) is 0 Å². The molecule has 0 unspecified atom stereocenters.